The minimum atomic E-state index is -0.0674. The summed E-state index contributed by atoms with van der Waals surface area (Å²) in [5.74, 6) is 0.528. The summed E-state index contributed by atoms with van der Waals surface area (Å²) in [5.41, 5.74) is 1.67. The van der Waals surface area contributed by atoms with Crippen molar-refractivity contribution in [1.29, 1.82) is 0 Å². The van der Waals surface area contributed by atoms with Crippen LogP contribution in [-0.2, 0) is 11.3 Å². The Morgan fingerprint density at radius 1 is 1.38 bits per heavy atom. The molecule has 5 heteroatoms. The van der Waals surface area contributed by atoms with E-state index in [0.29, 0.717) is 17.5 Å². The number of hydrogen-bond donors (Lipinski definition) is 1. The number of nitrogens with one attached hydrogen (secondary N) is 1. The maximum absolute atomic E-state index is 12.1. The van der Waals surface area contributed by atoms with Crippen LogP contribution in [0, 0.1) is 0 Å². The van der Waals surface area contributed by atoms with Crippen LogP contribution in [0.1, 0.15) is 45.1 Å². The Balaban J connectivity index is 1.89. The standard InChI is InChI=1S/C16H21ClN2O2/c1-11(2)21-15-8-7-12(9-18-15)10-19-16(20)13-5-3-4-6-14(13)17/h7-9,11H,3-6,10H2,1-2H3,(H,19,20). The lowest BCUT2D eigenvalue weighted by molar-refractivity contribution is -0.117. The summed E-state index contributed by atoms with van der Waals surface area (Å²) in [7, 11) is 0. The van der Waals surface area contributed by atoms with Gasteiger partial charge in [-0.1, -0.05) is 17.7 Å². The summed E-state index contributed by atoms with van der Waals surface area (Å²) >= 11 is 6.12. The van der Waals surface area contributed by atoms with Crippen molar-refractivity contribution in [3.8, 4) is 5.88 Å². The number of pyridine rings is 1. The highest BCUT2D eigenvalue weighted by molar-refractivity contribution is 6.31. The smallest absolute Gasteiger partial charge is 0.248 e. The zero-order chi connectivity index (χ0) is 15.2. The van der Waals surface area contributed by atoms with Gasteiger partial charge in [-0.3, -0.25) is 4.79 Å². The van der Waals surface area contributed by atoms with Gasteiger partial charge in [-0.2, -0.15) is 0 Å². The molecule has 1 amide bonds. The van der Waals surface area contributed by atoms with E-state index in [4.69, 9.17) is 16.3 Å². The predicted molar refractivity (Wildman–Crippen MR) is 83.2 cm³/mol. The molecule has 2 rings (SSSR count). The van der Waals surface area contributed by atoms with Crippen molar-refractivity contribution in [2.75, 3.05) is 0 Å². The van der Waals surface area contributed by atoms with Crippen molar-refractivity contribution in [3.05, 3.63) is 34.5 Å². The summed E-state index contributed by atoms with van der Waals surface area (Å²) in [6.45, 7) is 4.36. The van der Waals surface area contributed by atoms with E-state index in [-0.39, 0.29) is 12.0 Å². The molecule has 0 fully saturated rings. The number of nitrogens with zero attached hydrogens (tertiary/aromatic N) is 1. The van der Waals surface area contributed by atoms with Gasteiger partial charge in [0.05, 0.1) is 6.10 Å². The zero-order valence-corrected chi connectivity index (χ0v) is 13.2. The highest BCUT2D eigenvalue weighted by Crippen LogP contribution is 2.27. The Hall–Kier alpha value is -1.55. The van der Waals surface area contributed by atoms with Gasteiger partial charge >= 0.3 is 0 Å². The molecule has 1 aliphatic rings. The molecule has 1 heterocycles. The van der Waals surface area contributed by atoms with Crippen molar-refractivity contribution < 1.29 is 9.53 Å². The van der Waals surface area contributed by atoms with E-state index < -0.39 is 0 Å². The van der Waals surface area contributed by atoms with Gasteiger partial charge in [0.25, 0.3) is 0 Å². The van der Waals surface area contributed by atoms with Crippen LogP contribution in [0.15, 0.2) is 28.9 Å². The summed E-state index contributed by atoms with van der Waals surface area (Å²) in [6.07, 6.45) is 5.49. The normalized spacial score (nSPS) is 15.2. The third-order valence-electron chi connectivity index (χ3n) is 3.28. The molecule has 0 spiro atoms. The Bertz CT molecular complexity index is 524. The van der Waals surface area contributed by atoms with E-state index in [1.54, 1.807) is 6.20 Å². The van der Waals surface area contributed by atoms with Crippen LogP contribution >= 0.6 is 11.6 Å². The molecule has 0 saturated heterocycles. The molecule has 0 saturated carbocycles. The molecule has 0 atom stereocenters. The lowest BCUT2D eigenvalue weighted by Crippen LogP contribution is -2.26. The molecule has 1 N–H and O–H groups in total. The number of hydrogen-bond acceptors (Lipinski definition) is 3. The summed E-state index contributed by atoms with van der Waals surface area (Å²) in [5, 5.41) is 3.60. The molecule has 0 unspecified atom stereocenters. The molecule has 1 aromatic rings. The number of ether oxygens (including phenoxy) is 1. The third-order valence-corrected chi connectivity index (χ3v) is 3.70. The Kier molecular flexibility index (Phi) is 5.62. The quantitative estimate of drug-likeness (QED) is 0.905. The molecule has 1 aliphatic carbocycles. The monoisotopic (exact) mass is 308 g/mol. The first-order chi connectivity index (χ1) is 10.1. The van der Waals surface area contributed by atoms with E-state index in [2.05, 4.69) is 10.3 Å². The third kappa shape index (κ3) is 4.74. The van der Waals surface area contributed by atoms with Gasteiger partial charge in [0, 0.05) is 29.4 Å². The largest absolute Gasteiger partial charge is 0.475 e. The van der Waals surface area contributed by atoms with E-state index in [1.165, 1.54) is 0 Å². The fraction of sp³-hybridized carbons (Fsp3) is 0.500. The Morgan fingerprint density at radius 3 is 2.76 bits per heavy atom. The molecular formula is C16H21ClN2O2. The van der Waals surface area contributed by atoms with Crippen molar-refractivity contribution in [2.45, 2.75) is 52.2 Å². The fourth-order valence-corrected chi connectivity index (χ4v) is 2.53. The number of aromatic nitrogens is 1. The first kappa shape index (κ1) is 15.8. The fourth-order valence-electron chi connectivity index (χ4n) is 2.22. The van der Waals surface area contributed by atoms with E-state index in [9.17, 15) is 4.79 Å². The molecule has 0 aromatic carbocycles. The molecule has 114 valence electrons. The van der Waals surface area contributed by atoms with Gasteiger partial charge in [0.1, 0.15) is 0 Å². The second-order valence-corrected chi connectivity index (χ2v) is 5.90. The first-order valence-electron chi connectivity index (χ1n) is 7.33. The second kappa shape index (κ2) is 7.46. The molecule has 0 bridgehead atoms. The molecule has 4 nitrogen and oxygen atoms in total. The number of rotatable bonds is 5. The maximum atomic E-state index is 12.1. The van der Waals surface area contributed by atoms with Crippen LogP contribution in [0.2, 0.25) is 0 Å². The topological polar surface area (TPSA) is 51.2 Å². The van der Waals surface area contributed by atoms with Gasteiger partial charge in [-0.05, 0) is 45.1 Å². The number of carbonyl (C=O) groups is 1. The average Bonchev–Trinajstić information content (AvgIpc) is 2.46. The van der Waals surface area contributed by atoms with Crippen LogP contribution in [-0.4, -0.2) is 17.0 Å². The maximum Gasteiger partial charge on any atom is 0.248 e. The van der Waals surface area contributed by atoms with Gasteiger partial charge in [-0.15, -0.1) is 0 Å². The number of amides is 1. The van der Waals surface area contributed by atoms with Crippen LogP contribution in [0.5, 0.6) is 5.88 Å². The van der Waals surface area contributed by atoms with Gasteiger partial charge in [0.2, 0.25) is 11.8 Å². The summed E-state index contributed by atoms with van der Waals surface area (Å²) in [4.78, 5) is 16.3. The van der Waals surface area contributed by atoms with Crippen LogP contribution in [0.3, 0.4) is 0 Å². The molecule has 0 radical (unpaired) electrons. The summed E-state index contributed by atoms with van der Waals surface area (Å²) < 4.78 is 5.48. The SMILES string of the molecule is CC(C)Oc1ccc(CNC(=O)C2=C(Cl)CCCC2)cn1. The molecule has 21 heavy (non-hydrogen) atoms. The minimum Gasteiger partial charge on any atom is -0.475 e. The van der Waals surface area contributed by atoms with Crippen molar-refractivity contribution >= 4 is 17.5 Å². The van der Waals surface area contributed by atoms with Crippen molar-refractivity contribution in [3.63, 3.8) is 0 Å². The van der Waals surface area contributed by atoms with Gasteiger partial charge in [-0.25, -0.2) is 4.98 Å². The van der Waals surface area contributed by atoms with E-state index in [0.717, 1.165) is 36.8 Å². The zero-order valence-electron chi connectivity index (χ0n) is 12.5. The number of allylic oxidation sites excluding steroid dienone is 1. The van der Waals surface area contributed by atoms with Crippen LogP contribution < -0.4 is 10.1 Å². The minimum absolute atomic E-state index is 0.0674. The summed E-state index contributed by atoms with van der Waals surface area (Å²) in [6, 6.07) is 3.72. The average molecular weight is 309 g/mol. The highest BCUT2D eigenvalue weighted by atomic mass is 35.5. The van der Waals surface area contributed by atoms with Gasteiger partial charge in [0.15, 0.2) is 0 Å². The molecule has 1 aromatic heterocycles. The van der Waals surface area contributed by atoms with Crippen LogP contribution in [0.4, 0.5) is 0 Å². The van der Waals surface area contributed by atoms with E-state index in [1.807, 2.05) is 26.0 Å². The Morgan fingerprint density at radius 2 is 2.14 bits per heavy atom. The number of halogens is 1. The molecular weight excluding hydrogens is 288 g/mol. The second-order valence-electron chi connectivity index (χ2n) is 5.44. The lowest BCUT2D eigenvalue weighted by Gasteiger charge is -2.15. The van der Waals surface area contributed by atoms with Crippen molar-refractivity contribution in [2.24, 2.45) is 0 Å². The highest BCUT2D eigenvalue weighted by Gasteiger charge is 2.17. The van der Waals surface area contributed by atoms with Crippen molar-refractivity contribution in [1.82, 2.24) is 10.3 Å². The van der Waals surface area contributed by atoms with E-state index >= 15 is 0 Å². The number of carbonyl (C=O) groups excluding carboxylic acids is 1. The first-order valence-corrected chi connectivity index (χ1v) is 7.71. The predicted octanol–water partition coefficient (Wildman–Crippen LogP) is 3.55. The van der Waals surface area contributed by atoms with Crippen LogP contribution in [0.25, 0.3) is 0 Å². The van der Waals surface area contributed by atoms with Gasteiger partial charge < -0.3 is 10.1 Å². The molecule has 0 aliphatic heterocycles. The Labute approximate surface area is 130 Å². The lowest BCUT2D eigenvalue weighted by atomic mass is 9.98.